The molecule has 0 N–H and O–H groups in total. The van der Waals surface area contributed by atoms with Crippen molar-refractivity contribution >= 4 is 169 Å². The minimum absolute atomic E-state index is 0.714. The van der Waals surface area contributed by atoms with E-state index in [1.165, 1.54) is 244 Å². The molecule has 0 fully saturated rings. The van der Waals surface area contributed by atoms with Crippen LogP contribution in [0.1, 0.15) is 99.8 Å². The monoisotopic (exact) mass is 1820 g/mol. The lowest BCUT2D eigenvalue weighted by molar-refractivity contribution is 0.576. The Balaban J connectivity index is 0.000000105. The van der Waals surface area contributed by atoms with Crippen LogP contribution in [0.15, 0.2) is 320 Å². The van der Waals surface area contributed by atoms with Gasteiger partial charge in [-0.3, -0.25) is 0 Å². The van der Waals surface area contributed by atoms with E-state index in [-0.39, 0.29) is 0 Å². The quantitative estimate of drug-likeness (QED) is 0.142. The first-order chi connectivity index (χ1) is 66.3. The number of rotatable bonds is 8. The summed E-state index contributed by atoms with van der Waals surface area (Å²) in [6, 6.07) is 119. The first-order valence-corrected chi connectivity index (χ1v) is 51.8. The average Bonchev–Trinajstić information content (AvgIpc) is 1.50. The summed E-state index contributed by atoms with van der Waals surface area (Å²) in [5, 5.41) is 12.5. The average molecular weight is 1820 g/mol. The molecule has 0 saturated carbocycles. The van der Waals surface area contributed by atoms with E-state index in [2.05, 4.69) is 419 Å². The maximum Gasteiger partial charge on any atom is 0.183 e. The summed E-state index contributed by atoms with van der Waals surface area (Å²) in [5.41, 5.74) is 50.0. The smallest absolute Gasteiger partial charge is 0.183 e. The Morgan fingerprint density at radius 1 is 0.294 bits per heavy atom. The Bertz CT molecular complexity index is 9200. The summed E-state index contributed by atoms with van der Waals surface area (Å²) in [6.07, 6.45) is 2.66. The first kappa shape index (κ1) is 80.7. The fourth-order valence-electron chi connectivity index (χ4n) is 23.3. The lowest BCUT2D eigenvalue weighted by atomic mass is 10.0. The zero-order valence-corrected chi connectivity index (χ0v) is 81.3. The number of hydrogen-bond donors (Lipinski definition) is 0. The molecule has 0 spiro atoms. The van der Waals surface area contributed by atoms with Gasteiger partial charge in [-0.05, 0) is 246 Å². The van der Waals surface area contributed by atoms with Crippen molar-refractivity contribution in [3.8, 4) is 79.3 Å². The lowest BCUT2D eigenvalue weighted by Gasteiger charge is -2.31. The molecule has 25 aromatic rings. The highest BCUT2D eigenvalue weighted by Crippen LogP contribution is 2.54. The zero-order chi connectivity index (χ0) is 91.4. The Hall–Kier alpha value is -15.0. The fourth-order valence-corrected chi connectivity index (χ4v) is 32.3. The van der Waals surface area contributed by atoms with Crippen LogP contribution in [0.4, 0.5) is 0 Å². The summed E-state index contributed by atoms with van der Waals surface area (Å²) in [4.78, 5) is 13.0. The molecule has 0 amide bonds. The zero-order valence-electron chi connectivity index (χ0n) is 77.9. The molecule has 1 aliphatic heterocycles. The van der Waals surface area contributed by atoms with Gasteiger partial charge >= 0.3 is 0 Å². The van der Waals surface area contributed by atoms with E-state index < -0.39 is 8.07 Å². The summed E-state index contributed by atoms with van der Waals surface area (Å²) in [6.45, 7) is 26.0. The number of thiophene rings is 3. The third kappa shape index (κ3) is 11.9. The van der Waals surface area contributed by atoms with E-state index in [1.807, 2.05) is 29.6 Å². The molecule has 29 rings (SSSR count). The molecule has 0 radical (unpaired) electrons. The van der Waals surface area contributed by atoms with Crippen molar-refractivity contribution < 1.29 is 4.42 Å². The first-order valence-electron chi connectivity index (χ1n) is 47.3. The van der Waals surface area contributed by atoms with Gasteiger partial charge in [-0.15, -0.1) is 34.0 Å². The number of furan rings is 1. The van der Waals surface area contributed by atoms with Crippen molar-refractivity contribution in [2.75, 3.05) is 0 Å². The van der Waals surface area contributed by atoms with Crippen LogP contribution in [0, 0.1) is 83.1 Å². The third-order valence-corrected chi connectivity index (χ3v) is 37.8. The molecular formula is C123H94N8OS3Si. The predicted molar refractivity (Wildman–Crippen MR) is 576 cm³/mol. The van der Waals surface area contributed by atoms with Gasteiger partial charge in [0.2, 0.25) is 0 Å². The number of aryl methyl sites for hydroxylation is 12. The molecule has 0 unspecified atom stereocenters. The number of hydrogen-bond acceptors (Lipinski definition) is 6. The minimum Gasteiger partial charge on any atom is -0.459 e. The number of fused-ring (bicyclic) bond motifs is 30. The van der Waals surface area contributed by atoms with Crippen molar-refractivity contribution in [2.24, 2.45) is 0 Å². The van der Waals surface area contributed by atoms with Crippen LogP contribution < -0.4 is 20.7 Å². The van der Waals surface area contributed by atoms with E-state index in [1.54, 1.807) is 11.3 Å². The van der Waals surface area contributed by atoms with Crippen LogP contribution >= 0.6 is 34.0 Å². The van der Waals surface area contributed by atoms with Gasteiger partial charge in [-0.1, -0.05) is 250 Å². The molecule has 13 heteroatoms. The Kier molecular flexibility index (Phi) is 17.8. The van der Waals surface area contributed by atoms with Crippen molar-refractivity contribution in [1.29, 1.82) is 0 Å². The Morgan fingerprint density at radius 2 is 0.721 bits per heavy atom. The highest BCUT2D eigenvalue weighted by Gasteiger charge is 2.52. The molecule has 654 valence electrons. The summed E-state index contributed by atoms with van der Waals surface area (Å²) in [7, 11) is -2.84. The number of nitrogens with zero attached hydrogens (tertiary/aromatic N) is 8. The van der Waals surface area contributed by atoms with Crippen LogP contribution in [-0.2, 0) is 19.3 Å². The van der Waals surface area contributed by atoms with Gasteiger partial charge in [0.05, 0.1) is 86.7 Å². The van der Waals surface area contributed by atoms with E-state index in [0.717, 1.165) is 74.0 Å². The van der Waals surface area contributed by atoms with E-state index in [4.69, 9.17) is 14.4 Å². The molecular weight excluding hydrogens is 1730 g/mol. The molecule has 3 aliphatic carbocycles. The van der Waals surface area contributed by atoms with Gasteiger partial charge in [0.1, 0.15) is 21.8 Å². The van der Waals surface area contributed by atoms with Crippen molar-refractivity contribution in [3.05, 3.63) is 415 Å². The van der Waals surface area contributed by atoms with Crippen LogP contribution in [0.2, 0.25) is 0 Å². The summed E-state index contributed by atoms with van der Waals surface area (Å²) < 4.78 is 26.4. The second-order valence-corrected chi connectivity index (χ2v) is 45.8. The van der Waals surface area contributed by atoms with Crippen LogP contribution in [0.25, 0.3) is 185 Å². The van der Waals surface area contributed by atoms with Crippen molar-refractivity contribution in [3.63, 3.8) is 0 Å². The van der Waals surface area contributed by atoms with Crippen LogP contribution in [0.5, 0.6) is 0 Å². The van der Waals surface area contributed by atoms with Gasteiger partial charge in [-0.25, -0.2) is 9.97 Å². The van der Waals surface area contributed by atoms with Gasteiger partial charge in [0, 0.05) is 113 Å². The third-order valence-electron chi connectivity index (χ3n) is 29.5. The maximum atomic E-state index is 6.27. The topological polar surface area (TPSA) is 68.5 Å². The largest absolute Gasteiger partial charge is 0.459 e. The molecule has 0 atom stereocenters. The SMILES string of the molecule is Cc1ccc(-n2c3c(c4cc5c(cc42)c2c(n5-c4ccc(C)cc4)-c4ccc(C)cc4C2)Cc2cc(C)ccc2-3)cc1.Cc1ccc(-n2c3c(c4cc5c(cc42)c2sc4cc(C)ccc4c2n5-c2ccc(C)cc2)[Si](c2ccccc2)(c2ccccc2)c2cc(C)ccc2-3)cc1.Cc1ccc(-n2c3c(c4oc(C)cc42)Cc2nc4c(nc2-3)sc2c3sc(C)cc3n(-c3ccc(C)cc3)c42)cc1. The van der Waals surface area contributed by atoms with Gasteiger partial charge in [0.15, 0.2) is 13.7 Å². The normalized spacial score (nSPS) is 13.1. The van der Waals surface area contributed by atoms with E-state index in [0.29, 0.717) is 6.42 Å². The number of aromatic nitrogens is 8. The summed E-state index contributed by atoms with van der Waals surface area (Å²) >= 11 is 5.55. The maximum absolute atomic E-state index is 6.27. The Labute approximate surface area is 801 Å². The van der Waals surface area contributed by atoms with E-state index in [9.17, 15) is 0 Å². The van der Waals surface area contributed by atoms with Gasteiger partial charge in [0.25, 0.3) is 0 Å². The summed E-state index contributed by atoms with van der Waals surface area (Å²) in [5.74, 6) is 0.916. The second-order valence-electron chi connectivity index (χ2n) is 38.8. The highest BCUT2D eigenvalue weighted by atomic mass is 32.1. The lowest BCUT2D eigenvalue weighted by Crippen LogP contribution is -2.72. The van der Waals surface area contributed by atoms with Crippen molar-refractivity contribution in [1.82, 2.24) is 37.4 Å². The molecule has 14 aromatic carbocycles. The highest BCUT2D eigenvalue weighted by molar-refractivity contribution is 7.31. The molecule has 11 aromatic heterocycles. The van der Waals surface area contributed by atoms with E-state index >= 15 is 0 Å². The minimum atomic E-state index is -2.84. The standard InChI is InChI=1S/C50H38N2SSi.C40H32N2.C33H24N4OS2/c1-31-15-21-35(22-16-31)51-43-30-42-44(29-41(43)49-47(51)39-25-19-33(3)27-45(39)53-49)52(36-23-17-32(2)18-24-36)48-40-26-20-34(4)28-46(40)54(50(42)48,37-11-7-5-8-12-37)38-13-9-6-10-14-38;1-23-5-11-29(12-6-23)41-37-21-34-36-20-28-18-26(4)10-16-32(28)40(36)42(30-13-7-24(2)8-14-30)38(34)22-33(37)35-19-27-17-25(3)9-15-31(27)39(35)41;1-16-5-9-20(10-6-16)36-24-13-18(3)38-30(24)22-15-23-26(28(22)36)35-33-27(34-23)29-32(40-33)31-25(14-19(4)39-31)37(29)21-11-7-17(2)8-12-21/h5-30H,1-4H3;5-18,21-22H,19-20H2,1-4H3;5-14H,15H2,1-4H3. The molecule has 136 heavy (non-hydrogen) atoms. The fraction of sp³-hybridized carbons (Fsp3) is 0.122. The molecule has 0 bridgehead atoms. The predicted octanol–water partition coefficient (Wildman–Crippen LogP) is 29.7. The molecule has 4 aliphatic rings. The van der Waals surface area contributed by atoms with Gasteiger partial charge < -0.3 is 31.8 Å². The molecule has 9 nitrogen and oxygen atoms in total. The number of benzene rings is 14. The van der Waals surface area contributed by atoms with Crippen molar-refractivity contribution in [2.45, 2.75) is 102 Å². The molecule has 0 saturated heterocycles. The molecule has 12 heterocycles. The second kappa shape index (κ2) is 30.0. The van der Waals surface area contributed by atoms with Crippen LogP contribution in [-0.4, -0.2) is 45.4 Å². The Morgan fingerprint density at radius 3 is 1.24 bits per heavy atom. The van der Waals surface area contributed by atoms with Gasteiger partial charge in [-0.2, -0.15) is 0 Å². The van der Waals surface area contributed by atoms with Crippen LogP contribution in [0.3, 0.4) is 0 Å².